The SMILES string of the molecule is Cc1cccc2cccc(N3CCc4c(nc(OCCC(=O)N(C)C)nc4N4CCN(C(=O)C=CCN(C)C)C(CC#N)C4)C3)c12. The van der Waals surface area contributed by atoms with Gasteiger partial charge >= 0.3 is 6.01 Å². The molecule has 1 saturated heterocycles. The number of piperazine rings is 1. The number of likely N-dealkylation sites (N-methyl/N-ethyl adjacent to an activating group) is 1. The zero-order chi connectivity index (χ0) is 32.8. The lowest BCUT2D eigenvalue weighted by atomic mass is 9.99. The van der Waals surface area contributed by atoms with E-state index in [0.29, 0.717) is 32.7 Å². The number of hydrogen-bond donors (Lipinski definition) is 0. The average molecular weight is 625 g/mol. The van der Waals surface area contributed by atoms with Crippen LogP contribution in [0.1, 0.15) is 29.7 Å². The van der Waals surface area contributed by atoms with Crippen molar-refractivity contribution in [3.05, 3.63) is 65.4 Å². The Bertz CT molecular complexity index is 1640. The predicted octanol–water partition coefficient (Wildman–Crippen LogP) is 3.41. The zero-order valence-corrected chi connectivity index (χ0v) is 27.6. The fourth-order valence-corrected chi connectivity index (χ4v) is 6.22. The van der Waals surface area contributed by atoms with E-state index in [9.17, 15) is 14.9 Å². The Morgan fingerprint density at radius 1 is 1.07 bits per heavy atom. The molecular formula is C35H44N8O3. The first-order valence-corrected chi connectivity index (χ1v) is 15.9. The van der Waals surface area contributed by atoms with Crippen molar-refractivity contribution in [3.8, 4) is 12.1 Å². The van der Waals surface area contributed by atoms with Crippen LogP contribution in [-0.2, 0) is 22.6 Å². The smallest absolute Gasteiger partial charge is 0.318 e. The van der Waals surface area contributed by atoms with E-state index in [1.54, 1.807) is 30.0 Å². The number of nitrogens with zero attached hydrogens (tertiary/aromatic N) is 8. The van der Waals surface area contributed by atoms with E-state index in [4.69, 9.17) is 14.7 Å². The van der Waals surface area contributed by atoms with Gasteiger partial charge in [0.25, 0.3) is 0 Å². The second-order valence-corrected chi connectivity index (χ2v) is 12.4. The quantitative estimate of drug-likeness (QED) is 0.314. The van der Waals surface area contributed by atoms with Crippen LogP contribution in [0.4, 0.5) is 11.5 Å². The van der Waals surface area contributed by atoms with Crippen molar-refractivity contribution in [1.29, 1.82) is 5.26 Å². The van der Waals surface area contributed by atoms with Gasteiger partial charge in [0.05, 0.1) is 37.2 Å². The van der Waals surface area contributed by atoms with Crippen molar-refractivity contribution in [2.75, 3.05) is 77.3 Å². The molecule has 2 aliphatic heterocycles. The summed E-state index contributed by atoms with van der Waals surface area (Å²) < 4.78 is 6.01. The first kappa shape index (κ1) is 32.7. The highest BCUT2D eigenvalue weighted by molar-refractivity contribution is 5.97. The number of carbonyl (C=O) groups is 2. The third-order valence-corrected chi connectivity index (χ3v) is 8.62. The van der Waals surface area contributed by atoms with Crippen molar-refractivity contribution < 1.29 is 14.3 Å². The molecule has 1 atom stereocenters. The number of nitriles is 1. The van der Waals surface area contributed by atoms with Gasteiger partial charge in [0, 0.05) is 69.5 Å². The predicted molar refractivity (Wildman–Crippen MR) is 180 cm³/mol. The van der Waals surface area contributed by atoms with Crippen LogP contribution < -0.4 is 14.5 Å². The minimum absolute atomic E-state index is 0.0320. The van der Waals surface area contributed by atoms with Gasteiger partial charge in [-0.2, -0.15) is 15.2 Å². The maximum Gasteiger partial charge on any atom is 0.318 e. The normalized spacial score (nSPS) is 16.5. The molecule has 1 fully saturated rings. The average Bonchev–Trinajstić information content (AvgIpc) is 3.03. The van der Waals surface area contributed by atoms with E-state index < -0.39 is 0 Å². The summed E-state index contributed by atoms with van der Waals surface area (Å²) in [6.07, 6.45) is 4.64. The van der Waals surface area contributed by atoms with Gasteiger partial charge in [0.1, 0.15) is 12.4 Å². The van der Waals surface area contributed by atoms with Crippen LogP contribution in [0.5, 0.6) is 6.01 Å². The molecule has 46 heavy (non-hydrogen) atoms. The van der Waals surface area contributed by atoms with E-state index in [2.05, 4.69) is 59.2 Å². The van der Waals surface area contributed by atoms with Crippen LogP contribution in [-0.4, -0.2) is 110 Å². The molecule has 1 unspecified atom stereocenters. The second-order valence-electron chi connectivity index (χ2n) is 12.4. The number of amides is 2. The van der Waals surface area contributed by atoms with Gasteiger partial charge in [-0.1, -0.05) is 36.4 Å². The van der Waals surface area contributed by atoms with Crippen molar-refractivity contribution in [3.63, 3.8) is 0 Å². The Hall–Kier alpha value is -4.69. The van der Waals surface area contributed by atoms with E-state index in [1.807, 2.05) is 25.1 Å². The first-order chi connectivity index (χ1) is 22.2. The lowest BCUT2D eigenvalue weighted by molar-refractivity contribution is -0.129. The molecule has 0 saturated carbocycles. The number of aryl methyl sites for hydroxylation is 1. The summed E-state index contributed by atoms with van der Waals surface area (Å²) in [5.74, 6) is 0.670. The number of aromatic nitrogens is 2. The van der Waals surface area contributed by atoms with Gasteiger partial charge in [0.15, 0.2) is 0 Å². The Morgan fingerprint density at radius 2 is 1.85 bits per heavy atom. The van der Waals surface area contributed by atoms with Crippen molar-refractivity contribution in [2.24, 2.45) is 0 Å². The molecule has 242 valence electrons. The summed E-state index contributed by atoms with van der Waals surface area (Å²) >= 11 is 0. The molecular weight excluding hydrogens is 580 g/mol. The number of fused-ring (bicyclic) bond motifs is 2. The summed E-state index contributed by atoms with van der Waals surface area (Å²) in [7, 11) is 7.35. The van der Waals surface area contributed by atoms with Crippen LogP contribution in [0.25, 0.3) is 10.8 Å². The lowest BCUT2D eigenvalue weighted by Crippen LogP contribution is -2.55. The highest BCUT2D eigenvalue weighted by atomic mass is 16.5. The van der Waals surface area contributed by atoms with Crippen LogP contribution in [0.2, 0.25) is 0 Å². The van der Waals surface area contributed by atoms with Gasteiger partial charge in [-0.05, 0) is 44.5 Å². The third kappa shape index (κ3) is 7.40. The van der Waals surface area contributed by atoms with Crippen LogP contribution in [0.3, 0.4) is 0 Å². The highest BCUT2D eigenvalue weighted by Crippen LogP contribution is 2.36. The molecule has 0 bridgehead atoms. The summed E-state index contributed by atoms with van der Waals surface area (Å²) in [6.45, 7) is 5.89. The number of rotatable bonds is 10. The van der Waals surface area contributed by atoms with Crippen LogP contribution >= 0.6 is 0 Å². The molecule has 1 aromatic heterocycles. The first-order valence-electron chi connectivity index (χ1n) is 15.9. The Morgan fingerprint density at radius 3 is 2.59 bits per heavy atom. The number of ether oxygens (including phenoxy) is 1. The summed E-state index contributed by atoms with van der Waals surface area (Å²) in [6, 6.07) is 15.0. The molecule has 0 spiro atoms. The van der Waals surface area contributed by atoms with Crippen molar-refractivity contribution in [1.82, 2.24) is 24.7 Å². The van der Waals surface area contributed by atoms with Gasteiger partial charge in [-0.3, -0.25) is 9.59 Å². The monoisotopic (exact) mass is 624 g/mol. The Balaban J connectivity index is 1.45. The largest absolute Gasteiger partial charge is 0.463 e. The van der Waals surface area contributed by atoms with Gasteiger partial charge in [-0.15, -0.1) is 0 Å². The molecule has 3 aromatic rings. The standard InChI is InChI=1S/C35H44N8O3/c1-25-9-6-10-26-11-7-12-30(33(25)26)41-19-15-28-29(24-41)37-35(46-22-16-31(44)40(4)5)38-34(28)42-20-21-43(27(23-42)14-17-36)32(45)13-8-18-39(2)3/h6-13,27H,14-16,18-24H2,1-5H3. The van der Waals surface area contributed by atoms with E-state index in [1.165, 1.54) is 22.0 Å². The number of anilines is 2. The molecule has 5 rings (SSSR count). The van der Waals surface area contributed by atoms with E-state index in [-0.39, 0.29) is 43.3 Å². The van der Waals surface area contributed by atoms with Gasteiger partial charge in [0.2, 0.25) is 11.8 Å². The molecule has 3 heterocycles. The van der Waals surface area contributed by atoms with Gasteiger partial charge < -0.3 is 29.2 Å². The van der Waals surface area contributed by atoms with Crippen LogP contribution in [0, 0.1) is 18.3 Å². The molecule has 0 radical (unpaired) electrons. The number of benzene rings is 2. The fourth-order valence-electron chi connectivity index (χ4n) is 6.22. The summed E-state index contributed by atoms with van der Waals surface area (Å²) in [5, 5.41) is 12.1. The summed E-state index contributed by atoms with van der Waals surface area (Å²) in [4.78, 5) is 45.0. The molecule has 2 aromatic carbocycles. The maximum absolute atomic E-state index is 13.1. The maximum atomic E-state index is 13.1. The lowest BCUT2D eigenvalue weighted by Gasteiger charge is -2.42. The van der Waals surface area contributed by atoms with Gasteiger partial charge in [-0.25, -0.2) is 0 Å². The zero-order valence-electron chi connectivity index (χ0n) is 27.6. The second kappa shape index (κ2) is 14.6. The van der Waals surface area contributed by atoms with E-state index in [0.717, 1.165) is 30.0 Å². The minimum Gasteiger partial charge on any atom is -0.463 e. The number of carbonyl (C=O) groups excluding carboxylic acids is 2. The molecule has 2 aliphatic rings. The Labute approximate surface area is 271 Å². The molecule has 0 N–H and O–H groups in total. The fraction of sp³-hybridized carbons (Fsp3) is 0.457. The third-order valence-electron chi connectivity index (χ3n) is 8.62. The highest BCUT2D eigenvalue weighted by Gasteiger charge is 2.33. The molecule has 0 aliphatic carbocycles. The topological polar surface area (TPSA) is 109 Å². The minimum atomic E-state index is -0.276. The summed E-state index contributed by atoms with van der Waals surface area (Å²) in [5.41, 5.74) is 4.34. The molecule has 11 nitrogen and oxygen atoms in total. The molecule has 2 amide bonds. The number of hydrogen-bond acceptors (Lipinski definition) is 9. The van der Waals surface area contributed by atoms with E-state index >= 15 is 0 Å². The van der Waals surface area contributed by atoms with Crippen molar-refractivity contribution in [2.45, 2.75) is 38.8 Å². The van der Waals surface area contributed by atoms with Crippen molar-refractivity contribution >= 4 is 34.1 Å². The molecule has 11 heteroatoms. The Kier molecular flexibility index (Phi) is 10.4. The van der Waals surface area contributed by atoms with Crippen LogP contribution in [0.15, 0.2) is 48.6 Å².